The predicted octanol–water partition coefficient (Wildman–Crippen LogP) is 2.41. The molecule has 0 aromatic rings. The van der Waals surface area contributed by atoms with E-state index < -0.39 is 4.44 Å². The van der Waals surface area contributed by atoms with Crippen LogP contribution < -0.4 is 0 Å². The zero-order chi connectivity index (χ0) is 6.91. The molecule has 0 aliphatic carbocycles. The molecule has 0 N–H and O–H groups in total. The molecule has 0 bridgehead atoms. The summed E-state index contributed by atoms with van der Waals surface area (Å²) in [5, 5.41) is 0.394. The van der Waals surface area contributed by atoms with Crippen molar-refractivity contribution in [2.24, 2.45) is 0 Å². The summed E-state index contributed by atoms with van der Waals surface area (Å²) in [5.41, 5.74) is 0. The van der Waals surface area contributed by atoms with E-state index in [4.69, 9.17) is 18.2 Å². The monoisotopic (exact) mass is 194 g/mol. The molecule has 1 aliphatic heterocycles. The summed E-state index contributed by atoms with van der Waals surface area (Å²) >= 11 is 8.99. The molecule has 2 atom stereocenters. The molecule has 4 heteroatoms. The highest BCUT2D eigenvalue weighted by atomic mass is 33.2. The third kappa shape index (κ3) is 2.20. The smallest absolute Gasteiger partial charge is 0.0804 e. The molecule has 0 amide bonds. The zero-order valence-corrected chi connectivity index (χ0v) is 8.38. The highest BCUT2D eigenvalue weighted by Crippen LogP contribution is 2.73. The lowest BCUT2D eigenvalue weighted by Gasteiger charge is -2.02. The molecule has 1 aliphatic rings. The fourth-order valence-corrected chi connectivity index (χ4v) is 9.48. The minimum atomic E-state index is -1.09. The van der Waals surface area contributed by atoms with Crippen molar-refractivity contribution in [3.63, 3.8) is 0 Å². The average Bonchev–Trinajstić information content (AvgIpc) is 2.10. The Morgan fingerprint density at radius 2 is 2.56 bits per heavy atom. The summed E-state index contributed by atoms with van der Waals surface area (Å²) in [5.74, 6) is 3.79. The van der Waals surface area contributed by atoms with Gasteiger partial charge in [0.2, 0.25) is 0 Å². The number of rotatable bonds is 0. The van der Waals surface area contributed by atoms with E-state index in [1.54, 1.807) is 0 Å². The first-order chi connectivity index (χ1) is 4.14. The van der Waals surface area contributed by atoms with Gasteiger partial charge >= 0.3 is 0 Å². The van der Waals surface area contributed by atoms with Gasteiger partial charge in [0.05, 0.1) is 9.69 Å². The standard InChI is InChI=1S/C5H7PS3/c1-3-5-4-8-6(2,7)9-5/h1,5H,4H2,2H3. The fourth-order valence-electron chi connectivity index (χ4n) is 0.574. The Balaban J connectivity index is 2.60. The Labute approximate surface area is 69.1 Å². The molecular weight excluding hydrogens is 187 g/mol. The zero-order valence-electron chi connectivity index (χ0n) is 5.03. The molecule has 1 fully saturated rings. The van der Waals surface area contributed by atoms with Crippen LogP contribution in [0.1, 0.15) is 0 Å². The molecule has 0 aromatic heterocycles. The second kappa shape index (κ2) is 2.88. The van der Waals surface area contributed by atoms with E-state index in [0.29, 0.717) is 5.25 Å². The first-order valence-electron chi connectivity index (χ1n) is 2.50. The van der Waals surface area contributed by atoms with E-state index in [0.717, 1.165) is 5.75 Å². The van der Waals surface area contributed by atoms with Crippen LogP contribution in [0.25, 0.3) is 0 Å². The summed E-state index contributed by atoms with van der Waals surface area (Å²) < 4.78 is -1.09. The van der Waals surface area contributed by atoms with E-state index in [1.807, 2.05) is 22.8 Å². The SMILES string of the molecule is C#CC1CSP(C)(=S)S1. The Morgan fingerprint density at radius 1 is 1.89 bits per heavy atom. The van der Waals surface area contributed by atoms with Crippen LogP contribution in [-0.4, -0.2) is 17.7 Å². The summed E-state index contributed by atoms with van der Waals surface area (Å²) in [4.78, 5) is 0. The van der Waals surface area contributed by atoms with E-state index in [2.05, 4.69) is 12.6 Å². The van der Waals surface area contributed by atoms with E-state index in [1.165, 1.54) is 0 Å². The molecule has 1 saturated heterocycles. The number of hydrogen-bond donors (Lipinski definition) is 0. The van der Waals surface area contributed by atoms with Crippen LogP contribution in [0.5, 0.6) is 0 Å². The summed E-state index contributed by atoms with van der Waals surface area (Å²) in [6, 6.07) is 0. The van der Waals surface area contributed by atoms with Gasteiger partial charge in [0, 0.05) is 5.75 Å². The van der Waals surface area contributed by atoms with Gasteiger partial charge in [0.1, 0.15) is 0 Å². The number of terminal acetylenes is 1. The second-order valence-electron chi connectivity index (χ2n) is 1.83. The van der Waals surface area contributed by atoms with Crippen molar-refractivity contribution in [2.45, 2.75) is 5.25 Å². The van der Waals surface area contributed by atoms with Crippen molar-refractivity contribution in [2.75, 3.05) is 12.4 Å². The maximum Gasteiger partial charge on any atom is 0.0804 e. The number of hydrogen-bond acceptors (Lipinski definition) is 3. The Morgan fingerprint density at radius 3 is 2.78 bits per heavy atom. The van der Waals surface area contributed by atoms with E-state index in [9.17, 15) is 0 Å². The van der Waals surface area contributed by atoms with Crippen LogP contribution >= 0.6 is 27.2 Å². The van der Waals surface area contributed by atoms with Gasteiger partial charge in [0.15, 0.2) is 0 Å². The van der Waals surface area contributed by atoms with Gasteiger partial charge in [-0.1, -0.05) is 29.1 Å². The lowest BCUT2D eigenvalue weighted by atomic mass is 10.5. The van der Waals surface area contributed by atoms with Crippen molar-refractivity contribution in [1.29, 1.82) is 0 Å². The van der Waals surface area contributed by atoms with Gasteiger partial charge < -0.3 is 0 Å². The van der Waals surface area contributed by atoms with Crippen LogP contribution in [-0.2, 0) is 11.8 Å². The maximum atomic E-state index is 5.29. The topological polar surface area (TPSA) is 0 Å². The lowest BCUT2D eigenvalue weighted by molar-refractivity contribution is 1.35. The Hall–Kier alpha value is 0.910. The van der Waals surface area contributed by atoms with Gasteiger partial charge in [-0.25, -0.2) is 0 Å². The Bertz CT molecular complexity index is 193. The third-order valence-corrected chi connectivity index (χ3v) is 10.3. The van der Waals surface area contributed by atoms with Crippen molar-refractivity contribution < 1.29 is 0 Å². The van der Waals surface area contributed by atoms with E-state index in [-0.39, 0.29) is 0 Å². The molecule has 50 valence electrons. The normalized spacial score (nSPS) is 42.4. The summed E-state index contributed by atoms with van der Waals surface area (Å²) in [7, 11) is 0. The molecule has 1 rings (SSSR count). The van der Waals surface area contributed by atoms with Crippen molar-refractivity contribution >= 4 is 39.0 Å². The molecule has 0 saturated carbocycles. The minimum absolute atomic E-state index is 0.394. The third-order valence-electron chi connectivity index (χ3n) is 0.965. The van der Waals surface area contributed by atoms with Crippen molar-refractivity contribution in [3.8, 4) is 12.3 Å². The van der Waals surface area contributed by atoms with Crippen LogP contribution in [0.3, 0.4) is 0 Å². The van der Waals surface area contributed by atoms with Gasteiger partial charge in [-0.15, -0.1) is 17.8 Å². The maximum absolute atomic E-state index is 5.29. The molecule has 0 aromatic carbocycles. The van der Waals surface area contributed by atoms with Gasteiger partial charge in [0.25, 0.3) is 0 Å². The first kappa shape index (κ1) is 8.01. The highest BCUT2D eigenvalue weighted by Gasteiger charge is 2.26. The molecule has 9 heavy (non-hydrogen) atoms. The van der Waals surface area contributed by atoms with Gasteiger partial charge in [-0.2, -0.15) is 0 Å². The molecule has 0 radical (unpaired) electrons. The van der Waals surface area contributed by atoms with Crippen LogP contribution in [0.4, 0.5) is 0 Å². The largest absolute Gasteiger partial charge is 0.119 e. The average molecular weight is 194 g/mol. The molecular formula is C5H7PS3. The quantitative estimate of drug-likeness (QED) is 0.429. The molecule has 1 heterocycles. The minimum Gasteiger partial charge on any atom is -0.119 e. The van der Waals surface area contributed by atoms with Crippen LogP contribution in [0.15, 0.2) is 0 Å². The van der Waals surface area contributed by atoms with Crippen LogP contribution in [0.2, 0.25) is 0 Å². The van der Waals surface area contributed by atoms with Crippen molar-refractivity contribution in [3.05, 3.63) is 0 Å². The lowest BCUT2D eigenvalue weighted by Crippen LogP contribution is -1.92. The van der Waals surface area contributed by atoms with Gasteiger partial charge in [-0.05, 0) is 6.66 Å². The van der Waals surface area contributed by atoms with Crippen LogP contribution in [0, 0.1) is 12.3 Å². The highest BCUT2D eigenvalue weighted by molar-refractivity contribution is 9.01. The van der Waals surface area contributed by atoms with E-state index >= 15 is 0 Å². The van der Waals surface area contributed by atoms with Gasteiger partial charge in [-0.3, -0.25) is 0 Å². The molecule has 2 unspecified atom stereocenters. The Kier molecular flexibility index (Phi) is 2.56. The predicted molar refractivity (Wildman–Crippen MR) is 52.9 cm³/mol. The summed E-state index contributed by atoms with van der Waals surface area (Å²) in [6.45, 7) is 2.15. The molecule has 0 spiro atoms. The summed E-state index contributed by atoms with van der Waals surface area (Å²) in [6.07, 6.45) is 5.24. The first-order valence-corrected chi connectivity index (χ1v) is 8.83. The second-order valence-corrected chi connectivity index (χ2v) is 14.8. The molecule has 0 nitrogen and oxygen atoms in total. The fraction of sp³-hybridized carbons (Fsp3) is 0.600. The van der Waals surface area contributed by atoms with Crippen molar-refractivity contribution in [1.82, 2.24) is 0 Å².